The predicted octanol–water partition coefficient (Wildman–Crippen LogP) is 0.898. The highest BCUT2D eigenvalue weighted by Crippen LogP contribution is 2.05. The molecule has 0 aliphatic heterocycles. The zero-order chi connectivity index (χ0) is 16.0. The van der Waals surface area contributed by atoms with Crippen molar-refractivity contribution in [3.8, 4) is 0 Å². The highest BCUT2D eigenvalue weighted by Gasteiger charge is 2.17. The van der Waals surface area contributed by atoms with Gasteiger partial charge in [0.05, 0.1) is 5.41 Å². The zero-order valence-electron chi connectivity index (χ0n) is 10.9. The maximum absolute atomic E-state index is 12.7. The van der Waals surface area contributed by atoms with E-state index in [0.717, 1.165) is 18.2 Å². The molecule has 1 atom stereocenters. The summed E-state index contributed by atoms with van der Waals surface area (Å²) in [4.78, 5) is 21.8. The molecular weight excluding hydrogens is 303 g/mol. The van der Waals surface area contributed by atoms with E-state index < -0.39 is 33.9 Å². The molecule has 0 aliphatic carbocycles. The van der Waals surface area contributed by atoms with Gasteiger partial charge in [-0.3, -0.25) is 4.79 Å². The van der Waals surface area contributed by atoms with Crippen LogP contribution in [0.1, 0.15) is 12.5 Å². The highest BCUT2D eigenvalue weighted by atomic mass is 32.2. The first-order chi connectivity index (χ1) is 9.69. The maximum atomic E-state index is 12.7. The van der Waals surface area contributed by atoms with Gasteiger partial charge >= 0.3 is 12.0 Å². The number of urea groups is 1. The van der Waals surface area contributed by atoms with Gasteiger partial charge < -0.3 is 10.4 Å². The first-order valence-corrected chi connectivity index (χ1v) is 7.24. The Morgan fingerprint density at radius 3 is 2.38 bits per heavy atom. The number of benzene rings is 1. The lowest BCUT2D eigenvalue weighted by atomic mass is 10.2. The number of nitrogens with one attached hydrogen (secondary N) is 2. The lowest BCUT2D eigenvalue weighted by molar-refractivity contribution is -0.138. The fourth-order valence-corrected chi connectivity index (χ4v) is 1.91. The molecule has 0 saturated carbocycles. The molecule has 0 aliphatic rings. The van der Waals surface area contributed by atoms with Crippen molar-refractivity contribution in [1.82, 2.24) is 10.0 Å². The van der Waals surface area contributed by atoms with E-state index in [0.29, 0.717) is 11.0 Å². The van der Waals surface area contributed by atoms with Crippen LogP contribution in [0.5, 0.6) is 0 Å². The number of hydrogen-bond acceptors (Lipinski definition) is 4. The van der Waals surface area contributed by atoms with Gasteiger partial charge in [0, 0.05) is 0 Å². The molecule has 0 saturated heterocycles. The average molecular weight is 316 g/mol. The number of hydrogen-bond donors (Lipinski definition) is 3. The monoisotopic (exact) mass is 316 g/mol. The molecule has 3 N–H and O–H groups in total. The minimum atomic E-state index is -4.09. The second kappa shape index (κ2) is 6.84. The largest absolute Gasteiger partial charge is 0.480 e. The van der Waals surface area contributed by atoms with Crippen LogP contribution in [0.15, 0.2) is 29.7 Å². The Hall–Kier alpha value is -2.42. The minimum absolute atomic E-state index is 0.418. The summed E-state index contributed by atoms with van der Waals surface area (Å²) in [5.41, 5.74) is 0.418. The van der Waals surface area contributed by atoms with E-state index in [9.17, 15) is 22.4 Å². The van der Waals surface area contributed by atoms with Crippen LogP contribution in [-0.4, -0.2) is 31.6 Å². The number of carboxylic acids is 1. The molecule has 0 fully saturated rings. The van der Waals surface area contributed by atoms with E-state index in [2.05, 4.69) is 0 Å². The Labute approximate surface area is 120 Å². The smallest absolute Gasteiger partial charge is 0.329 e. The molecule has 9 heteroatoms. The number of carbonyl (C=O) groups is 2. The maximum Gasteiger partial charge on any atom is 0.329 e. The van der Waals surface area contributed by atoms with Crippen LogP contribution in [-0.2, 0) is 14.8 Å². The van der Waals surface area contributed by atoms with Crippen molar-refractivity contribution >= 4 is 28.1 Å². The van der Waals surface area contributed by atoms with E-state index in [1.54, 1.807) is 4.72 Å². The van der Waals surface area contributed by atoms with Crippen LogP contribution in [0.3, 0.4) is 0 Å². The second-order valence-corrected chi connectivity index (χ2v) is 5.60. The van der Waals surface area contributed by atoms with Gasteiger partial charge in [-0.1, -0.05) is 12.1 Å². The quantitative estimate of drug-likeness (QED) is 0.747. The van der Waals surface area contributed by atoms with Gasteiger partial charge in [0.25, 0.3) is 10.0 Å². The molecule has 1 aromatic rings. The normalized spacial score (nSPS) is 12.9. The van der Waals surface area contributed by atoms with Crippen molar-refractivity contribution in [1.29, 1.82) is 0 Å². The van der Waals surface area contributed by atoms with Crippen molar-refractivity contribution in [3.05, 3.63) is 41.1 Å². The van der Waals surface area contributed by atoms with Crippen molar-refractivity contribution in [2.45, 2.75) is 13.0 Å². The summed E-state index contributed by atoms with van der Waals surface area (Å²) in [6, 6.07) is 2.62. The molecular formula is C12H13FN2O5S. The Morgan fingerprint density at radius 2 is 1.86 bits per heavy atom. The summed E-state index contributed by atoms with van der Waals surface area (Å²) < 4.78 is 37.4. The van der Waals surface area contributed by atoms with Crippen LogP contribution in [0.4, 0.5) is 9.18 Å². The standard InChI is InChI=1S/C12H13FN2O5S/c1-8(11(16)17)14-12(18)15-21(19,20)7-6-9-2-4-10(13)5-3-9/h2-8H,1H3,(H,16,17)(H2,14,15,18). The number of amides is 2. The summed E-state index contributed by atoms with van der Waals surface area (Å²) in [7, 11) is -4.09. The second-order valence-electron chi connectivity index (χ2n) is 4.03. The van der Waals surface area contributed by atoms with E-state index >= 15 is 0 Å². The molecule has 114 valence electrons. The fraction of sp³-hybridized carbons (Fsp3) is 0.167. The Morgan fingerprint density at radius 1 is 1.29 bits per heavy atom. The van der Waals surface area contributed by atoms with Gasteiger partial charge in [-0.25, -0.2) is 22.3 Å². The number of aliphatic carboxylic acids is 1. The summed E-state index contributed by atoms with van der Waals surface area (Å²) in [5.74, 6) is -1.76. The lowest BCUT2D eigenvalue weighted by Crippen LogP contribution is -2.45. The van der Waals surface area contributed by atoms with Gasteiger partial charge in [-0.05, 0) is 30.7 Å². The third-order valence-corrected chi connectivity index (χ3v) is 3.23. The third kappa shape index (κ3) is 6.04. The van der Waals surface area contributed by atoms with Gasteiger partial charge in [0.1, 0.15) is 11.9 Å². The number of carboxylic acid groups (broad SMARTS) is 1. The molecule has 21 heavy (non-hydrogen) atoms. The SMILES string of the molecule is CC(NC(=O)NS(=O)(=O)C=Cc1ccc(F)cc1)C(=O)O. The number of rotatable bonds is 5. The first kappa shape index (κ1) is 16.6. The summed E-state index contributed by atoms with van der Waals surface area (Å²) in [6.45, 7) is 1.18. The minimum Gasteiger partial charge on any atom is -0.480 e. The molecule has 0 aromatic heterocycles. The van der Waals surface area contributed by atoms with Crippen LogP contribution in [0.25, 0.3) is 6.08 Å². The van der Waals surface area contributed by atoms with E-state index in [-0.39, 0.29) is 0 Å². The van der Waals surface area contributed by atoms with Crippen molar-refractivity contribution in [3.63, 3.8) is 0 Å². The molecule has 1 aromatic carbocycles. The van der Waals surface area contributed by atoms with Crippen LogP contribution in [0.2, 0.25) is 0 Å². The third-order valence-electron chi connectivity index (χ3n) is 2.26. The molecule has 0 spiro atoms. The fourth-order valence-electron chi connectivity index (χ4n) is 1.19. The van der Waals surface area contributed by atoms with Gasteiger partial charge in [-0.15, -0.1) is 0 Å². The Balaban J connectivity index is 2.67. The topological polar surface area (TPSA) is 113 Å². The highest BCUT2D eigenvalue weighted by molar-refractivity contribution is 7.93. The van der Waals surface area contributed by atoms with E-state index in [4.69, 9.17) is 5.11 Å². The summed E-state index contributed by atoms with van der Waals surface area (Å²) in [5, 5.41) is 11.2. The first-order valence-electron chi connectivity index (χ1n) is 5.69. The number of carbonyl (C=O) groups excluding carboxylic acids is 1. The zero-order valence-corrected chi connectivity index (χ0v) is 11.7. The lowest BCUT2D eigenvalue weighted by Gasteiger charge is -2.09. The molecule has 1 rings (SSSR count). The Bertz CT molecular complexity index is 655. The molecule has 0 radical (unpaired) electrons. The van der Waals surface area contributed by atoms with Gasteiger partial charge in [-0.2, -0.15) is 0 Å². The average Bonchev–Trinajstić information content (AvgIpc) is 2.37. The molecule has 7 nitrogen and oxygen atoms in total. The number of sulfonamides is 1. The molecule has 2 amide bonds. The van der Waals surface area contributed by atoms with Crippen molar-refractivity contribution in [2.75, 3.05) is 0 Å². The van der Waals surface area contributed by atoms with Gasteiger partial charge in [0.2, 0.25) is 0 Å². The van der Waals surface area contributed by atoms with E-state index in [1.807, 2.05) is 5.32 Å². The molecule has 1 unspecified atom stereocenters. The summed E-state index contributed by atoms with van der Waals surface area (Å²) >= 11 is 0. The molecule has 0 bridgehead atoms. The molecule has 0 heterocycles. The van der Waals surface area contributed by atoms with Crippen LogP contribution >= 0.6 is 0 Å². The Kier molecular flexibility index (Phi) is 5.42. The van der Waals surface area contributed by atoms with Crippen LogP contribution < -0.4 is 10.0 Å². The van der Waals surface area contributed by atoms with E-state index in [1.165, 1.54) is 19.1 Å². The van der Waals surface area contributed by atoms with Crippen LogP contribution in [0, 0.1) is 5.82 Å². The van der Waals surface area contributed by atoms with Crippen molar-refractivity contribution in [2.24, 2.45) is 0 Å². The van der Waals surface area contributed by atoms with Crippen molar-refractivity contribution < 1.29 is 27.5 Å². The summed E-state index contributed by atoms with van der Waals surface area (Å²) in [6.07, 6.45) is 1.16. The van der Waals surface area contributed by atoms with Gasteiger partial charge in [0.15, 0.2) is 0 Å². The predicted molar refractivity (Wildman–Crippen MR) is 73.1 cm³/mol. The number of halogens is 1.